The third-order valence-corrected chi connectivity index (χ3v) is 3.92. The summed E-state index contributed by atoms with van der Waals surface area (Å²) >= 11 is 0. The second-order valence-electron chi connectivity index (χ2n) is 6.05. The molecule has 0 aliphatic carbocycles. The van der Waals surface area contributed by atoms with E-state index in [4.69, 9.17) is 5.73 Å². The number of benzene rings is 2. The quantitative estimate of drug-likeness (QED) is 0.772. The van der Waals surface area contributed by atoms with Crippen LogP contribution in [0.25, 0.3) is 0 Å². The van der Waals surface area contributed by atoms with Crippen molar-refractivity contribution in [1.82, 2.24) is 10.2 Å². The van der Waals surface area contributed by atoms with Crippen LogP contribution in [0, 0.1) is 0 Å². The first-order valence-corrected chi connectivity index (χ1v) is 7.85. The van der Waals surface area contributed by atoms with E-state index in [1.165, 1.54) is 5.56 Å². The monoisotopic (exact) mass is 383 g/mol. The van der Waals surface area contributed by atoms with Gasteiger partial charge in [-0.15, -0.1) is 24.8 Å². The summed E-state index contributed by atoms with van der Waals surface area (Å²) in [4.78, 5) is 14.5. The van der Waals surface area contributed by atoms with Gasteiger partial charge in [0, 0.05) is 19.6 Å². The van der Waals surface area contributed by atoms with Crippen LogP contribution in [0.15, 0.2) is 60.7 Å². The highest BCUT2D eigenvalue weighted by Crippen LogP contribution is 2.17. The van der Waals surface area contributed by atoms with Crippen molar-refractivity contribution in [2.45, 2.75) is 19.0 Å². The van der Waals surface area contributed by atoms with Gasteiger partial charge in [0.15, 0.2) is 0 Å². The van der Waals surface area contributed by atoms with Gasteiger partial charge in [0.2, 0.25) is 5.91 Å². The molecule has 0 saturated heterocycles. The molecule has 3 N–H and O–H groups in total. The van der Waals surface area contributed by atoms with E-state index in [9.17, 15) is 4.79 Å². The second-order valence-corrected chi connectivity index (χ2v) is 6.05. The molecule has 0 saturated carbocycles. The molecule has 0 aliphatic heterocycles. The smallest absolute Gasteiger partial charge is 0.244 e. The first-order valence-electron chi connectivity index (χ1n) is 7.85. The summed E-state index contributed by atoms with van der Waals surface area (Å²) in [7, 11) is 2.04. The van der Waals surface area contributed by atoms with E-state index >= 15 is 0 Å². The van der Waals surface area contributed by atoms with Crippen molar-refractivity contribution in [2.24, 2.45) is 5.73 Å². The van der Waals surface area contributed by atoms with E-state index in [0.717, 1.165) is 18.7 Å². The predicted molar refractivity (Wildman–Crippen MR) is 108 cm³/mol. The van der Waals surface area contributed by atoms with Crippen LogP contribution in [-0.2, 0) is 16.9 Å². The molecule has 2 rings (SSSR count). The highest BCUT2D eigenvalue weighted by molar-refractivity contribution is 5.87. The summed E-state index contributed by atoms with van der Waals surface area (Å²) in [6, 6.07) is 19.7. The molecule has 0 spiro atoms. The Morgan fingerprint density at radius 3 is 2.12 bits per heavy atom. The van der Waals surface area contributed by atoms with Crippen molar-refractivity contribution in [2.75, 3.05) is 20.1 Å². The maximum atomic E-state index is 12.4. The maximum Gasteiger partial charge on any atom is 0.244 e. The lowest BCUT2D eigenvalue weighted by Crippen LogP contribution is -2.50. The van der Waals surface area contributed by atoms with Crippen LogP contribution in [0.4, 0.5) is 0 Å². The first-order chi connectivity index (χ1) is 11.0. The molecule has 0 fully saturated rings. The number of hydrogen-bond acceptors (Lipinski definition) is 3. The maximum absolute atomic E-state index is 12.4. The van der Waals surface area contributed by atoms with Gasteiger partial charge in [0.25, 0.3) is 0 Å². The zero-order chi connectivity index (χ0) is 16.7. The summed E-state index contributed by atoms with van der Waals surface area (Å²) < 4.78 is 0. The third-order valence-electron chi connectivity index (χ3n) is 3.92. The fraction of sp³-hybridized carbons (Fsp3) is 0.316. The Hall–Kier alpha value is -1.59. The highest BCUT2D eigenvalue weighted by atomic mass is 35.5. The molecule has 0 radical (unpaired) electrons. The zero-order valence-corrected chi connectivity index (χ0v) is 16.3. The summed E-state index contributed by atoms with van der Waals surface area (Å²) in [6.07, 6.45) is 0. The summed E-state index contributed by atoms with van der Waals surface area (Å²) in [5.41, 5.74) is 7.26. The number of amides is 1. The topological polar surface area (TPSA) is 58.4 Å². The van der Waals surface area contributed by atoms with Crippen molar-refractivity contribution in [3.05, 3.63) is 71.8 Å². The Labute approximate surface area is 162 Å². The number of rotatable bonds is 7. The van der Waals surface area contributed by atoms with Gasteiger partial charge in [0.1, 0.15) is 5.54 Å². The first kappa shape index (κ1) is 23.4. The minimum Gasteiger partial charge on any atom is -0.353 e. The molecule has 1 unspecified atom stereocenters. The van der Waals surface area contributed by atoms with Crippen molar-refractivity contribution in [1.29, 1.82) is 0 Å². The molecule has 25 heavy (non-hydrogen) atoms. The van der Waals surface area contributed by atoms with Crippen molar-refractivity contribution < 1.29 is 4.79 Å². The Morgan fingerprint density at radius 2 is 1.56 bits per heavy atom. The number of halogens is 2. The number of nitrogens with zero attached hydrogens (tertiary/aromatic N) is 1. The van der Waals surface area contributed by atoms with Crippen LogP contribution >= 0.6 is 24.8 Å². The Kier molecular flexibility index (Phi) is 10.4. The summed E-state index contributed by atoms with van der Waals surface area (Å²) in [6.45, 7) is 3.94. The highest BCUT2D eigenvalue weighted by Gasteiger charge is 2.29. The van der Waals surface area contributed by atoms with Crippen LogP contribution in [0.2, 0.25) is 0 Å². The number of carbonyl (C=O) groups is 1. The number of nitrogens with one attached hydrogen (secondary N) is 1. The molecule has 0 aromatic heterocycles. The van der Waals surface area contributed by atoms with E-state index in [-0.39, 0.29) is 30.7 Å². The van der Waals surface area contributed by atoms with Gasteiger partial charge in [0.05, 0.1) is 0 Å². The van der Waals surface area contributed by atoms with E-state index in [1.807, 2.05) is 55.6 Å². The molecular formula is C19H27Cl2N3O. The molecule has 1 amide bonds. The van der Waals surface area contributed by atoms with Crippen LogP contribution in [-0.4, -0.2) is 30.9 Å². The minimum atomic E-state index is -1.01. The zero-order valence-electron chi connectivity index (χ0n) is 14.6. The van der Waals surface area contributed by atoms with Crippen LogP contribution < -0.4 is 11.1 Å². The van der Waals surface area contributed by atoms with Crippen molar-refractivity contribution >= 4 is 30.7 Å². The molecule has 0 bridgehead atoms. The van der Waals surface area contributed by atoms with E-state index in [1.54, 1.807) is 6.92 Å². The number of nitrogens with two attached hydrogens (primary N) is 1. The van der Waals surface area contributed by atoms with Gasteiger partial charge in [-0.3, -0.25) is 4.79 Å². The molecule has 138 valence electrons. The van der Waals surface area contributed by atoms with Gasteiger partial charge >= 0.3 is 0 Å². The lowest BCUT2D eigenvalue weighted by atomic mass is 9.92. The second kappa shape index (κ2) is 11.1. The lowest BCUT2D eigenvalue weighted by Gasteiger charge is -2.25. The lowest BCUT2D eigenvalue weighted by molar-refractivity contribution is -0.126. The summed E-state index contributed by atoms with van der Waals surface area (Å²) in [5.74, 6) is -0.156. The average molecular weight is 384 g/mol. The Bertz CT molecular complexity index is 621. The van der Waals surface area contributed by atoms with Gasteiger partial charge in [-0.2, -0.15) is 0 Å². The normalized spacial score (nSPS) is 12.5. The molecular weight excluding hydrogens is 357 g/mol. The molecule has 1 atom stereocenters. The van der Waals surface area contributed by atoms with Gasteiger partial charge in [-0.1, -0.05) is 60.7 Å². The molecule has 6 heteroatoms. The SMILES string of the molecule is CN(CCNC(=O)C(C)(N)c1ccccc1)Cc1ccccc1.Cl.Cl. The molecule has 2 aromatic carbocycles. The van der Waals surface area contributed by atoms with Crippen LogP contribution in [0.3, 0.4) is 0 Å². The van der Waals surface area contributed by atoms with Crippen molar-refractivity contribution in [3.8, 4) is 0 Å². The third kappa shape index (κ3) is 7.04. The van der Waals surface area contributed by atoms with Gasteiger partial charge in [-0.25, -0.2) is 0 Å². The van der Waals surface area contributed by atoms with Crippen LogP contribution in [0.5, 0.6) is 0 Å². The standard InChI is InChI=1S/C19H25N3O.2ClH/c1-19(20,17-11-7-4-8-12-17)18(23)21-13-14-22(2)15-16-9-5-3-6-10-16;;/h3-12H,13-15,20H2,1-2H3,(H,21,23);2*1H. The number of carbonyl (C=O) groups excluding carboxylic acids is 1. The van der Waals surface area contributed by atoms with Gasteiger partial charge in [-0.05, 0) is 25.1 Å². The van der Waals surface area contributed by atoms with E-state index in [0.29, 0.717) is 6.54 Å². The predicted octanol–water partition coefficient (Wildman–Crippen LogP) is 2.95. The summed E-state index contributed by atoms with van der Waals surface area (Å²) in [5, 5.41) is 2.93. The van der Waals surface area contributed by atoms with E-state index in [2.05, 4.69) is 22.3 Å². The molecule has 2 aromatic rings. The molecule has 4 nitrogen and oxygen atoms in total. The minimum absolute atomic E-state index is 0. The Balaban J connectivity index is 0.00000288. The Morgan fingerprint density at radius 1 is 1.04 bits per heavy atom. The molecule has 0 heterocycles. The van der Waals surface area contributed by atoms with E-state index < -0.39 is 5.54 Å². The van der Waals surface area contributed by atoms with Gasteiger partial charge < -0.3 is 16.0 Å². The molecule has 0 aliphatic rings. The van der Waals surface area contributed by atoms with Crippen molar-refractivity contribution in [3.63, 3.8) is 0 Å². The number of likely N-dealkylation sites (N-methyl/N-ethyl adjacent to an activating group) is 1. The number of hydrogen-bond donors (Lipinski definition) is 2. The fourth-order valence-electron chi connectivity index (χ4n) is 2.43. The largest absolute Gasteiger partial charge is 0.353 e. The van der Waals surface area contributed by atoms with Crippen LogP contribution in [0.1, 0.15) is 18.1 Å². The average Bonchev–Trinajstić information content (AvgIpc) is 2.56. The fourth-order valence-corrected chi connectivity index (χ4v) is 2.43.